The minimum absolute atomic E-state index is 0.0139. The number of anilines is 1. The highest BCUT2D eigenvalue weighted by molar-refractivity contribution is 6.13. The van der Waals surface area contributed by atoms with Crippen molar-refractivity contribution in [1.29, 1.82) is 0 Å². The van der Waals surface area contributed by atoms with Crippen LogP contribution in [-0.2, 0) is 9.59 Å². The predicted octanol–water partition coefficient (Wildman–Crippen LogP) is 0.637. The Bertz CT molecular complexity index is 518. The molecule has 1 aliphatic heterocycles. The van der Waals surface area contributed by atoms with Crippen LogP contribution in [0.4, 0.5) is 5.69 Å². The van der Waals surface area contributed by atoms with Crippen LogP contribution in [0, 0.1) is 0 Å². The molecule has 0 atom stereocenters. The molecule has 1 aromatic rings. The highest BCUT2D eigenvalue weighted by atomic mass is 16.4. The maximum atomic E-state index is 11.3. The molecule has 0 spiro atoms. The first-order chi connectivity index (χ1) is 8.09. The summed E-state index contributed by atoms with van der Waals surface area (Å²) in [6, 6.07) is 6.01. The topological polar surface area (TPSA) is 86.7 Å². The molecular weight excluding hydrogens is 224 g/mol. The number of para-hydroxylation sites is 1. The normalized spacial score (nSPS) is 14.2. The van der Waals surface area contributed by atoms with Crippen LogP contribution in [0.5, 0.6) is 0 Å². The number of hydrogen-bond donors (Lipinski definition) is 2. The Hall–Kier alpha value is -2.63. The molecule has 6 nitrogen and oxygen atoms in total. The van der Waals surface area contributed by atoms with Gasteiger partial charge in [-0.15, -0.1) is 0 Å². The maximum Gasteiger partial charge on any atom is 0.337 e. The number of aromatic carboxylic acids is 1. The summed E-state index contributed by atoms with van der Waals surface area (Å²) in [5.74, 6) is -2.20. The van der Waals surface area contributed by atoms with E-state index in [9.17, 15) is 14.4 Å². The van der Waals surface area contributed by atoms with E-state index in [-0.39, 0.29) is 11.3 Å². The van der Waals surface area contributed by atoms with Crippen molar-refractivity contribution in [1.82, 2.24) is 5.01 Å². The van der Waals surface area contributed by atoms with E-state index in [1.165, 1.54) is 12.1 Å². The van der Waals surface area contributed by atoms with Crippen molar-refractivity contribution in [3.63, 3.8) is 0 Å². The Kier molecular flexibility index (Phi) is 2.61. The maximum absolute atomic E-state index is 11.3. The van der Waals surface area contributed by atoms with Crippen molar-refractivity contribution >= 4 is 23.5 Å². The van der Waals surface area contributed by atoms with E-state index >= 15 is 0 Å². The number of nitrogens with one attached hydrogen (secondary N) is 1. The molecule has 1 heterocycles. The summed E-state index contributed by atoms with van der Waals surface area (Å²) in [7, 11) is 0. The summed E-state index contributed by atoms with van der Waals surface area (Å²) in [6.07, 6.45) is 2.22. The van der Waals surface area contributed by atoms with E-state index in [4.69, 9.17) is 5.11 Å². The van der Waals surface area contributed by atoms with E-state index in [0.717, 1.165) is 17.2 Å². The number of carbonyl (C=O) groups excluding carboxylic acids is 2. The molecule has 0 saturated heterocycles. The third kappa shape index (κ3) is 2.00. The zero-order valence-corrected chi connectivity index (χ0v) is 8.58. The molecule has 2 rings (SSSR count). The molecule has 2 N–H and O–H groups in total. The van der Waals surface area contributed by atoms with E-state index in [1.54, 1.807) is 12.1 Å². The van der Waals surface area contributed by atoms with E-state index in [2.05, 4.69) is 5.43 Å². The van der Waals surface area contributed by atoms with Crippen molar-refractivity contribution in [2.45, 2.75) is 0 Å². The van der Waals surface area contributed by atoms with Crippen LogP contribution in [0.2, 0.25) is 0 Å². The SMILES string of the molecule is O=C(O)c1ccccc1NN1C(=O)C=CC1=O. The number of hydrazine groups is 1. The number of carbonyl (C=O) groups is 3. The van der Waals surface area contributed by atoms with Crippen molar-refractivity contribution in [3.8, 4) is 0 Å². The third-order valence-corrected chi connectivity index (χ3v) is 2.20. The number of benzene rings is 1. The molecular formula is C11H8N2O4. The Balaban J connectivity index is 2.28. The van der Waals surface area contributed by atoms with E-state index < -0.39 is 17.8 Å². The molecule has 0 aliphatic carbocycles. The molecule has 2 amide bonds. The molecule has 1 aliphatic rings. The average molecular weight is 232 g/mol. The first kappa shape index (κ1) is 10.9. The van der Waals surface area contributed by atoms with Gasteiger partial charge in [0.25, 0.3) is 11.8 Å². The summed E-state index contributed by atoms with van der Waals surface area (Å²) in [5, 5.41) is 9.68. The Morgan fingerprint density at radius 3 is 2.29 bits per heavy atom. The lowest BCUT2D eigenvalue weighted by molar-refractivity contribution is -0.135. The van der Waals surface area contributed by atoms with Crippen LogP contribution in [0.1, 0.15) is 10.4 Å². The summed E-state index contributed by atoms with van der Waals surface area (Å²) in [5.41, 5.74) is 2.65. The Labute approximate surface area is 96.1 Å². The minimum atomic E-state index is -1.14. The predicted molar refractivity (Wildman–Crippen MR) is 58.0 cm³/mol. The number of carboxylic acids is 1. The number of hydrogen-bond acceptors (Lipinski definition) is 4. The fraction of sp³-hybridized carbons (Fsp3) is 0. The molecule has 1 aromatic carbocycles. The van der Waals surface area contributed by atoms with E-state index in [1.807, 2.05) is 0 Å². The van der Waals surface area contributed by atoms with Gasteiger partial charge in [-0.25, -0.2) is 4.79 Å². The number of rotatable bonds is 3. The number of carboxylic acid groups (broad SMARTS) is 1. The highest BCUT2D eigenvalue weighted by Gasteiger charge is 2.24. The second-order valence-electron chi connectivity index (χ2n) is 3.31. The molecule has 0 aromatic heterocycles. The third-order valence-electron chi connectivity index (χ3n) is 2.20. The monoisotopic (exact) mass is 232 g/mol. The van der Waals surface area contributed by atoms with Gasteiger partial charge in [-0.3, -0.25) is 15.0 Å². The minimum Gasteiger partial charge on any atom is -0.478 e. The van der Waals surface area contributed by atoms with Crippen molar-refractivity contribution < 1.29 is 19.5 Å². The van der Waals surface area contributed by atoms with Gasteiger partial charge < -0.3 is 5.11 Å². The first-order valence-electron chi connectivity index (χ1n) is 4.74. The Morgan fingerprint density at radius 1 is 1.12 bits per heavy atom. The van der Waals surface area contributed by atoms with Crippen molar-refractivity contribution in [2.75, 3.05) is 5.43 Å². The zero-order chi connectivity index (χ0) is 12.4. The van der Waals surface area contributed by atoms with Gasteiger partial charge in [0.15, 0.2) is 0 Å². The van der Waals surface area contributed by atoms with Crippen LogP contribution in [0.25, 0.3) is 0 Å². The molecule has 0 unspecified atom stereocenters. The molecule has 0 saturated carbocycles. The van der Waals surface area contributed by atoms with Crippen molar-refractivity contribution in [3.05, 3.63) is 42.0 Å². The highest BCUT2D eigenvalue weighted by Crippen LogP contribution is 2.17. The van der Waals surface area contributed by atoms with Crippen molar-refractivity contribution in [2.24, 2.45) is 0 Å². The Morgan fingerprint density at radius 2 is 1.71 bits per heavy atom. The summed E-state index contributed by atoms with van der Waals surface area (Å²) in [4.78, 5) is 33.5. The van der Waals surface area contributed by atoms with Gasteiger partial charge in [-0.05, 0) is 12.1 Å². The lowest BCUT2D eigenvalue weighted by Gasteiger charge is -2.17. The fourth-order valence-electron chi connectivity index (χ4n) is 1.40. The summed E-state index contributed by atoms with van der Waals surface area (Å²) in [6.45, 7) is 0. The summed E-state index contributed by atoms with van der Waals surface area (Å²) < 4.78 is 0. The number of amides is 2. The van der Waals surface area contributed by atoms with Gasteiger partial charge in [0, 0.05) is 12.2 Å². The quantitative estimate of drug-likeness (QED) is 0.746. The first-order valence-corrected chi connectivity index (χ1v) is 4.74. The van der Waals surface area contributed by atoms with Crippen LogP contribution in [-0.4, -0.2) is 27.9 Å². The van der Waals surface area contributed by atoms with Gasteiger partial charge >= 0.3 is 5.97 Å². The summed E-state index contributed by atoms with van der Waals surface area (Å²) >= 11 is 0. The standard InChI is InChI=1S/C11H8N2O4/c14-9-5-6-10(15)13(9)12-8-4-2-1-3-7(8)11(16)17/h1-6,12H,(H,16,17). The van der Waals surface area contributed by atoms with Crippen LogP contribution >= 0.6 is 0 Å². The molecule has 0 fully saturated rings. The lowest BCUT2D eigenvalue weighted by atomic mass is 10.2. The van der Waals surface area contributed by atoms with E-state index in [0.29, 0.717) is 0 Å². The van der Waals surface area contributed by atoms with Gasteiger partial charge in [0.1, 0.15) is 0 Å². The second kappa shape index (κ2) is 4.09. The molecule has 17 heavy (non-hydrogen) atoms. The zero-order valence-electron chi connectivity index (χ0n) is 8.58. The fourth-order valence-corrected chi connectivity index (χ4v) is 1.40. The number of nitrogens with zero attached hydrogens (tertiary/aromatic N) is 1. The second-order valence-corrected chi connectivity index (χ2v) is 3.31. The van der Waals surface area contributed by atoms with Gasteiger partial charge in [0.2, 0.25) is 0 Å². The lowest BCUT2D eigenvalue weighted by Crippen LogP contribution is -2.36. The van der Waals surface area contributed by atoms with Crippen LogP contribution in [0.3, 0.4) is 0 Å². The average Bonchev–Trinajstić information content (AvgIpc) is 2.61. The van der Waals surface area contributed by atoms with Crippen LogP contribution in [0.15, 0.2) is 36.4 Å². The molecule has 0 radical (unpaired) electrons. The molecule has 6 heteroatoms. The van der Waals surface area contributed by atoms with Gasteiger partial charge in [-0.1, -0.05) is 12.1 Å². The molecule has 86 valence electrons. The van der Waals surface area contributed by atoms with Gasteiger partial charge in [-0.2, -0.15) is 5.01 Å². The van der Waals surface area contributed by atoms with Gasteiger partial charge in [0.05, 0.1) is 11.3 Å². The molecule has 0 bridgehead atoms. The number of imide groups is 1. The largest absolute Gasteiger partial charge is 0.478 e. The smallest absolute Gasteiger partial charge is 0.337 e. The van der Waals surface area contributed by atoms with Crippen LogP contribution < -0.4 is 5.43 Å².